The minimum absolute atomic E-state index is 0.00582. The molecule has 0 radical (unpaired) electrons. The molecule has 0 saturated carbocycles. The van der Waals surface area contributed by atoms with Crippen LogP contribution in [0.5, 0.6) is 0 Å². The molecule has 0 aliphatic carbocycles. The molecule has 164 valence electrons. The summed E-state index contributed by atoms with van der Waals surface area (Å²) in [5.41, 5.74) is 5.94. The van der Waals surface area contributed by atoms with E-state index in [4.69, 9.17) is 17.3 Å². The van der Waals surface area contributed by atoms with Gasteiger partial charge in [0.2, 0.25) is 0 Å². The molecule has 31 heavy (non-hydrogen) atoms. The van der Waals surface area contributed by atoms with Crippen LogP contribution in [0.3, 0.4) is 0 Å². The Bertz CT molecular complexity index is 934. The Hall–Kier alpha value is -2.84. The molecule has 1 aromatic carbocycles. The van der Waals surface area contributed by atoms with Crippen molar-refractivity contribution >= 4 is 29.2 Å². The van der Waals surface area contributed by atoms with Crippen molar-refractivity contribution in [1.29, 1.82) is 0 Å². The lowest BCUT2D eigenvalue weighted by Crippen LogP contribution is -2.59. The predicted octanol–water partition coefficient (Wildman–Crippen LogP) is 1.86. The summed E-state index contributed by atoms with van der Waals surface area (Å²) in [6.07, 6.45) is 4.31. The summed E-state index contributed by atoms with van der Waals surface area (Å²) in [7, 11) is 0. The molecule has 2 fully saturated rings. The van der Waals surface area contributed by atoms with Crippen LogP contribution in [-0.4, -0.2) is 58.7 Å². The van der Waals surface area contributed by atoms with Gasteiger partial charge >= 0.3 is 6.03 Å². The van der Waals surface area contributed by atoms with Gasteiger partial charge in [-0.1, -0.05) is 23.7 Å². The fourth-order valence-electron chi connectivity index (χ4n) is 4.65. The third-order valence-electron chi connectivity index (χ3n) is 6.21. The number of carbonyl (C=O) groups excluding carboxylic acids is 2. The minimum Gasteiger partial charge on any atom is -0.391 e. The topological polar surface area (TPSA) is 112 Å². The Morgan fingerprint density at radius 2 is 1.77 bits per heavy atom. The average Bonchev–Trinajstić information content (AvgIpc) is 3.14. The predicted molar refractivity (Wildman–Crippen MR) is 118 cm³/mol. The summed E-state index contributed by atoms with van der Waals surface area (Å²) < 4.78 is 0. The molecule has 0 spiro atoms. The number of aliphatic hydroxyl groups excluding tert-OH is 1. The maximum Gasteiger partial charge on any atom is 0.316 e. The largest absolute Gasteiger partial charge is 0.391 e. The number of nitrogens with two attached hydrogens (primary N) is 1. The number of benzene rings is 1. The number of hydrogen-bond donors (Lipinski definition) is 3. The second kappa shape index (κ2) is 8.72. The quantitative estimate of drug-likeness (QED) is 0.667. The highest BCUT2D eigenvalue weighted by Crippen LogP contribution is 2.40. The van der Waals surface area contributed by atoms with E-state index in [9.17, 15) is 14.7 Å². The van der Waals surface area contributed by atoms with Crippen LogP contribution in [0, 0.1) is 0 Å². The van der Waals surface area contributed by atoms with Crippen LogP contribution in [0.25, 0.3) is 0 Å². The lowest BCUT2D eigenvalue weighted by atomic mass is 9.85. The Morgan fingerprint density at radius 1 is 1.13 bits per heavy atom. The number of piperidine rings is 1. The lowest BCUT2D eigenvalue weighted by molar-refractivity contribution is -0.132. The number of nitrogens with zero attached hydrogens (tertiary/aromatic N) is 3. The summed E-state index contributed by atoms with van der Waals surface area (Å²) in [6.45, 7) is 1.60. The Morgan fingerprint density at radius 3 is 2.39 bits per heavy atom. The Balaban J connectivity index is 1.53. The minimum atomic E-state index is -1.36. The molecule has 0 unspecified atom stereocenters. The molecular formula is C22H26ClN5O3. The van der Waals surface area contributed by atoms with Gasteiger partial charge in [-0.05, 0) is 42.7 Å². The van der Waals surface area contributed by atoms with Crippen molar-refractivity contribution in [2.24, 2.45) is 5.73 Å². The third-order valence-corrected chi connectivity index (χ3v) is 6.46. The number of likely N-dealkylation sites (tertiary alicyclic amines) is 1. The van der Waals surface area contributed by atoms with Crippen LogP contribution in [0.2, 0.25) is 5.02 Å². The standard InChI is InChI=1S/C22H26ClN5O3/c23-16-3-1-15(2-4-16)22(13-19(29)14-28(22)21(24)31)20(30)26-17-7-11-27(12-8-17)18-5-9-25-10-6-18/h1-6,9-10,17,19,29H,7-8,11-14H2,(H2,24,31)(H,26,30)/t19-,22-/m1/s1. The van der Waals surface area contributed by atoms with Crippen LogP contribution in [0.4, 0.5) is 10.5 Å². The van der Waals surface area contributed by atoms with Crippen LogP contribution in [-0.2, 0) is 10.3 Å². The van der Waals surface area contributed by atoms with Crippen molar-refractivity contribution in [2.45, 2.75) is 36.9 Å². The second-order valence-electron chi connectivity index (χ2n) is 8.11. The molecule has 3 heterocycles. The SMILES string of the molecule is NC(=O)N1C[C@H](O)C[C@]1(C(=O)NC1CCN(c2ccncc2)CC1)c1ccc(Cl)cc1. The van der Waals surface area contributed by atoms with E-state index in [0.29, 0.717) is 10.6 Å². The summed E-state index contributed by atoms with van der Waals surface area (Å²) in [5.74, 6) is -0.326. The molecule has 8 nitrogen and oxygen atoms in total. The molecule has 2 aliphatic heterocycles. The summed E-state index contributed by atoms with van der Waals surface area (Å²) in [5, 5.41) is 14.0. The summed E-state index contributed by atoms with van der Waals surface area (Å²) in [4.78, 5) is 33.4. The fraction of sp³-hybridized carbons (Fsp3) is 0.409. The smallest absolute Gasteiger partial charge is 0.316 e. The van der Waals surface area contributed by atoms with Gasteiger partial charge < -0.3 is 26.0 Å². The molecule has 3 amide bonds. The maximum atomic E-state index is 13.6. The number of carbonyl (C=O) groups is 2. The van der Waals surface area contributed by atoms with E-state index >= 15 is 0 Å². The lowest BCUT2D eigenvalue weighted by Gasteiger charge is -2.39. The van der Waals surface area contributed by atoms with Gasteiger partial charge in [0.25, 0.3) is 5.91 Å². The summed E-state index contributed by atoms with van der Waals surface area (Å²) in [6, 6.07) is 9.92. The van der Waals surface area contributed by atoms with Crippen molar-refractivity contribution in [3.05, 3.63) is 59.4 Å². The molecule has 9 heteroatoms. The van der Waals surface area contributed by atoms with Gasteiger partial charge in [0, 0.05) is 55.2 Å². The fourth-order valence-corrected chi connectivity index (χ4v) is 4.77. The highest BCUT2D eigenvalue weighted by molar-refractivity contribution is 6.30. The van der Waals surface area contributed by atoms with E-state index in [1.54, 1.807) is 36.7 Å². The van der Waals surface area contributed by atoms with Crippen LogP contribution in [0.15, 0.2) is 48.8 Å². The van der Waals surface area contributed by atoms with E-state index in [2.05, 4.69) is 15.2 Å². The number of amides is 3. The molecule has 4 rings (SSSR count). The normalized spacial score (nSPS) is 24.3. The van der Waals surface area contributed by atoms with Crippen LogP contribution >= 0.6 is 11.6 Å². The second-order valence-corrected chi connectivity index (χ2v) is 8.55. The molecular weight excluding hydrogens is 418 g/mol. The first kappa shape index (κ1) is 21.4. The molecule has 1 aromatic heterocycles. The zero-order chi connectivity index (χ0) is 22.0. The van der Waals surface area contributed by atoms with Crippen molar-refractivity contribution in [1.82, 2.24) is 15.2 Å². The average molecular weight is 444 g/mol. The van der Waals surface area contributed by atoms with Gasteiger partial charge in [-0.15, -0.1) is 0 Å². The van der Waals surface area contributed by atoms with E-state index in [1.807, 2.05) is 12.1 Å². The Kier molecular flexibility index (Phi) is 6.02. The third kappa shape index (κ3) is 4.18. The van der Waals surface area contributed by atoms with Crippen molar-refractivity contribution in [3.8, 4) is 0 Å². The maximum absolute atomic E-state index is 13.6. The number of primary amides is 1. The van der Waals surface area contributed by atoms with Gasteiger partial charge in [0.1, 0.15) is 0 Å². The first-order valence-electron chi connectivity index (χ1n) is 10.4. The number of anilines is 1. The number of halogens is 1. The molecule has 0 bridgehead atoms. The van der Waals surface area contributed by atoms with Crippen molar-refractivity contribution in [2.75, 3.05) is 24.5 Å². The zero-order valence-electron chi connectivity index (χ0n) is 17.1. The highest BCUT2D eigenvalue weighted by Gasteiger charge is 2.54. The van der Waals surface area contributed by atoms with Crippen LogP contribution < -0.4 is 16.0 Å². The van der Waals surface area contributed by atoms with Crippen molar-refractivity contribution < 1.29 is 14.7 Å². The number of urea groups is 1. The highest BCUT2D eigenvalue weighted by atomic mass is 35.5. The van der Waals surface area contributed by atoms with E-state index in [-0.39, 0.29) is 24.9 Å². The van der Waals surface area contributed by atoms with E-state index in [0.717, 1.165) is 31.6 Å². The zero-order valence-corrected chi connectivity index (χ0v) is 17.8. The number of β-amino-alcohol motifs (C(OH)–C–C–N with tert-alkyl or cyclic N) is 1. The van der Waals surface area contributed by atoms with Crippen molar-refractivity contribution in [3.63, 3.8) is 0 Å². The summed E-state index contributed by atoms with van der Waals surface area (Å²) >= 11 is 6.03. The molecule has 2 aromatic rings. The number of aliphatic hydroxyl groups is 1. The van der Waals surface area contributed by atoms with E-state index in [1.165, 1.54) is 4.90 Å². The number of pyridine rings is 1. The molecule has 2 saturated heterocycles. The Labute approximate surface area is 186 Å². The van der Waals surface area contributed by atoms with Gasteiger partial charge in [-0.3, -0.25) is 9.78 Å². The first-order chi connectivity index (χ1) is 14.9. The first-order valence-corrected chi connectivity index (χ1v) is 10.7. The van der Waals surface area contributed by atoms with Crippen LogP contribution in [0.1, 0.15) is 24.8 Å². The number of hydrogen-bond acceptors (Lipinski definition) is 5. The van der Waals surface area contributed by atoms with Gasteiger partial charge in [0.05, 0.1) is 6.10 Å². The number of rotatable bonds is 4. The molecule has 2 atom stereocenters. The molecule has 4 N–H and O–H groups in total. The monoisotopic (exact) mass is 443 g/mol. The van der Waals surface area contributed by atoms with Gasteiger partial charge in [0.15, 0.2) is 5.54 Å². The van der Waals surface area contributed by atoms with E-state index < -0.39 is 17.7 Å². The number of aromatic nitrogens is 1. The number of nitrogens with one attached hydrogen (secondary N) is 1. The molecule has 2 aliphatic rings. The van der Waals surface area contributed by atoms with Gasteiger partial charge in [-0.2, -0.15) is 0 Å². The van der Waals surface area contributed by atoms with Gasteiger partial charge in [-0.25, -0.2) is 4.79 Å².